The van der Waals surface area contributed by atoms with E-state index >= 15 is 0 Å². The molecule has 5 nitrogen and oxygen atoms in total. The third-order valence-corrected chi connectivity index (χ3v) is 4.05. The first kappa shape index (κ1) is 19.4. The highest BCUT2D eigenvalue weighted by Crippen LogP contribution is 2.11. The maximum Gasteiger partial charge on any atom is 0.318 e. The summed E-state index contributed by atoms with van der Waals surface area (Å²) in [6.07, 6.45) is 0. The van der Waals surface area contributed by atoms with Gasteiger partial charge < -0.3 is 15.5 Å². The Morgan fingerprint density at radius 1 is 1.08 bits per heavy atom. The van der Waals surface area contributed by atoms with Gasteiger partial charge in [0.2, 0.25) is 5.91 Å². The molecule has 6 heteroatoms. The summed E-state index contributed by atoms with van der Waals surface area (Å²) in [5.74, 6) is -0.583. The van der Waals surface area contributed by atoms with Crippen molar-refractivity contribution in [2.45, 2.75) is 26.4 Å². The van der Waals surface area contributed by atoms with E-state index in [1.807, 2.05) is 44.2 Å². The number of rotatable bonds is 7. The monoisotopic (exact) mass is 357 g/mol. The van der Waals surface area contributed by atoms with Crippen molar-refractivity contribution in [3.05, 3.63) is 71.5 Å². The highest BCUT2D eigenvalue weighted by atomic mass is 19.1. The van der Waals surface area contributed by atoms with Crippen LogP contribution < -0.4 is 10.6 Å². The van der Waals surface area contributed by atoms with Crippen molar-refractivity contribution in [1.82, 2.24) is 15.5 Å². The number of nitrogens with zero attached hydrogens (tertiary/aromatic N) is 1. The normalized spacial score (nSPS) is 11.5. The van der Waals surface area contributed by atoms with Crippen LogP contribution in [-0.2, 0) is 11.3 Å². The number of benzene rings is 2. The number of carbonyl (C=O) groups excluding carboxylic acids is 2. The lowest BCUT2D eigenvalue weighted by atomic mass is 10.1. The second-order valence-corrected chi connectivity index (χ2v) is 6.00. The Morgan fingerprint density at radius 3 is 2.35 bits per heavy atom. The van der Waals surface area contributed by atoms with Crippen LogP contribution in [0.15, 0.2) is 54.6 Å². The van der Waals surface area contributed by atoms with Gasteiger partial charge in [-0.05, 0) is 37.1 Å². The van der Waals surface area contributed by atoms with E-state index in [4.69, 9.17) is 0 Å². The molecule has 0 saturated heterocycles. The molecule has 0 aliphatic carbocycles. The van der Waals surface area contributed by atoms with E-state index in [0.29, 0.717) is 13.1 Å². The largest absolute Gasteiger partial charge is 0.350 e. The molecule has 3 amide bonds. The number of hydrogen-bond acceptors (Lipinski definition) is 2. The van der Waals surface area contributed by atoms with Gasteiger partial charge in [0.05, 0.1) is 6.04 Å². The molecule has 138 valence electrons. The molecule has 0 unspecified atom stereocenters. The van der Waals surface area contributed by atoms with Crippen LogP contribution in [0, 0.1) is 5.82 Å². The molecule has 0 fully saturated rings. The highest BCUT2D eigenvalue weighted by molar-refractivity contribution is 5.84. The summed E-state index contributed by atoms with van der Waals surface area (Å²) in [6, 6.07) is 15.1. The van der Waals surface area contributed by atoms with Crippen LogP contribution in [0.4, 0.5) is 9.18 Å². The molecule has 2 N–H and O–H groups in total. The summed E-state index contributed by atoms with van der Waals surface area (Å²) in [6.45, 7) is 4.39. The smallest absolute Gasteiger partial charge is 0.318 e. The maximum absolute atomic E-state index is 12.9. The fourth-order valence-electron chi connectivity index (χ4n) is 2.46. The highest BCUT2D eigenvalue weighted by Gasteiger charge is 2.17. The molecule has 0 bridgehead atoms. The molecule has 0 spiro atoms. The van der Waals surface area contributed by atoms with Gasteiger partial charge in [0, 0.05) is 13.1 Å². The standard InChI is InChI=1S/C20H24FN3O2/c1-3-24(20(26)23-15(2)17-7-5-4-6-8-17)14-19(25)22-13-16-9-11-18(21)12-10-16/h4-12,15H,3,13-14H2,1-2H3,(H,22,25)(H,23,26)/t15-/m0/s1. The minimum Gasteiger partial charge on any atom is -0.350 e. The van der Waals surface area contributed by atoms with E-state index < -0.39 is 0 Å². The van der Waals surface area contributed by atoms with Gasteiger partial charge in [-0.3, -0.25) is 4.79 Å². The Balaban J connectivity index is 1.83. The molecule has 0 radical (unpaired) electrons. The Kier molecular flexibility index (Phi) is 7.14. The molecule has 0 aromatic heterocycles. The molecule has 2 aromatic carbocycles. The van der Waals surface area contributed by atoms with Crippen LogP contribution in [0.2, 0.25) is 0 Å². The number of hydrogen-bond donors (Lipinski definition) is 2. The van der Waals surface area contributed by atoms with Crippen molar-refractivity contribution in [2.24, 2.45) is 0 Å². The van der Waals surface area contributed by atoms with Crippen LogP contribution in [0.5, 0.6) is 0 Å². The number of halogens is 1. The topological polar surface area (TPSA) is 61.4 Å². The molecule has 0 saturated carbocycles. The zero-order valence-electron chi connectivity index (χ0n) is 15.0. The van der Waals surface area contributed by atoms with E-state index in [-0.39, 0.29) is 30.3 Å². The van der Waals surface area contributed by atoms with Gasteiger partial charge in [0.1, 0.15) is 12.4 Å². The first-order valence-corrected chi connectivity index (χ1v) is 8.61. The minimum atomic E-state index is -0.318. The lowest BCUT2D eigenvalue weighted by Gasteiger charge is -2.23. The van der Waals surface area contributed by atoms with Crippen LogP contribution >= 0.6 is 0 Å². The van der Waals surface area contributed by atoms with E-state index in [1.54, 1.807) is 12.1 Å². The molecule has 2 rings (SSSR count). The van der Waals surface area contributed by atoms with Crippen molar-refractivity contribution in [3.63, 3.8) is 0 Å². The van der Waals surface area contributed by atoms with E-state index in [0.717, 1.165) is 11.1 Å². The number of carbonyl (C=O) groups is 2. The van der Waals surface area contributed by atoms with Gasteiger partial charge >= 0.3 is 6.03 Å². The number of nitrogens with one attached hydrogen (secondary N) is 2. The molecular formula is C20H24FN3O2. The van der Waals surface area contributed by atoms with E-state index in [1.165, 1.54) is 17.0 Å². The number of likely N-dealkylation sites (N-methyl/N-ethyl adjacent to an activating group) is 1. The second-order valence-electron chi connectivity index (χ2n) is 6.00. The van der Waals surface area contributed by atoms with Gasteiger partial charge in [-0.15, -0.1) is 0 Å². The van der Waals surface area contributed by atoms with Crippen molar-refractivity contribution in [2.75, 3.05) is 13.1 Å². The third kappa shape index (κ3) is 5.88. The van der Waals surface area contributed by atoms with Crippen molar-refractivity contribution in [1.29, 1.82) is 0 Å². The van der Waals surface area contributed by atoms with E-state index in [2.05, 4.69) is 10.6 Å². The molecule has 1 atom stereocenters. The Morgan fingerprint density at radius 2 is 1.73 bits per heavy atom. The first-order chi connectivity index (χ1) is 12.5. The van der Waals surface area contributed by atoms with Gasteiger partial charge in [0.15, 0.2) is 0 Å². The maximum atomic E-state index is 12.9. The lowest BCUT2D eigenvalue weighted by molar-refractivity contribution is -0.121. The number of amides is 3. The lowest BCUT2D eigenvalue weighted by Crippen LogP contribution is -2.45. The summed E-state index contributed by atoms with van der Waals surface area (Å²) < 4.78 is 12.9. The molecule has 26 heavy (non-hydrogen) atoms. The Hall–Kier alpha value is -2.89. The third-order valence-electron chi connectivity index (χ3n) is 4.05. The number of urea groups is 1. The fraction of sp³-hybridized carbons (Fsp3) is 0.300. The van der Waals surface area contributed by atoms with Crippen LogP contribution in [0.25, 0.3) is 0 Å². The molecule has 0 aliphatic heterocycles. The molecule has 0 heterocycles. The van der Waals surface area contributed by atoms with Gasteiger partial charge in [-0.1, -0.05) is 42.5 Å². The summed E-state index contributed by atoms with van der Waals surface area (Å²) in [7, 11) is 0. The Bertz CT molecular complexity index is 720. The summed E-state index contributed by atoms with van der Waals surface area (Å²) in [5, 5.41) is 5.64. The van der Waals surface area contributed by atoms with Crippen molar-refractivity contribution in [3.8, 4) is 0 Å². The van der Waals surface area contributed by atoms with Crippen LogP contribution in [-0.4, -0.2) is 29.9 Å². The average Bonchev–Trinajstić information content (AvgIpc) is 2.66. The predicted molar refractivity (Wildman–Crippen MR) is 98.9 cm³/mol. The Labute approximate surface area is 153 Å². The molecular weight excluding hydrogens is 333 g/mol. The van der Waals surface area contributed by atoms with Crippen molar-refractivity contribution < 1.29 is 14.0 Å². The van der Waals surface area contributed by atoms with Gasteiger partial charge in [0.25, 0.3) is 0 Å². The average molecular weight is 357 g/mol. The zero-order valence-corrected chi connectivity index (χ0v) is 15.0. The SMILES string of the molecule is CCN(CC(=O)NCc1ccc(F)cc1)C(=O)N[C@@H](C)c1ccccc1. The van der Waals surface area contributed by atoms with E-state index in [9.17, 15) is 14.0 Å². The van der Waals surface area contributed by atoms with Crippen molar-refractivity contribution >= 4 is 11.9 Å². The van der Waals surface area contributed by atoms with Crippen LogP contribution in [0.3, 0.4) is 0 Å². The fourth-order valence-corrected chi connectivity index (χ4v) is 2.46. The minimum absolute atomic E-state index is 0.0367. The summed E-state index contributed by atoms with van der Waals surface area (Å²) in [5.41, 5.74) is 1.79. The van der Waals surface area contributed by atoms with Crippen LogP contribution in [0.1, 0.15) is 31.0 Å². The summed E-state index contributed by atoms with van der Waals surface area (Å²) in [4.78, 5) is 25.9. The first-order valence-electron chi connectivity index (χ1n) is 8.61. The molecule has 2 aromatic rings. The predicted octanol–water partition coefficient (Wildman–Crippen LogP) is 3.23. The van der Waals surface area contributed by atoms with Gasteiger partial charge in [-0.2, -0.15) is 0 Å². The zero-order chi connectivity index (χ0) is 18.9. The molecule has 0 aliphatic rings. The summed E-state index contributed by atoms with van der Waals surface area (Å²) >= 11 is 0. The second kappa shape index (κ2) is 9.56. The van der Waals surface area contributed by atoms with Gasteiger partial charge in [-0.25, -0.2) is 9.18 Å². The quantitative estimate of drug-likeness (QED) is 0.799.